The molecule has 1 unspecified atom stereocenters. The smallest absolute Gasteiger partial charge is 0.0658 e. The summed E-state index contributed by atoms with van der Waals surface area (Å²) in [6.07, 6.45) is 8.03. The standard InChI is InChI=1S/C11H19N/c1-5-10(4)12-8-11(6-7-11)9(2)3/h1,9-10,12H,6-8H2,2-4H3. The lowest BCUT2D eigenvalue weighted by Gasteiger charge is -2.21. The van der Waals surface area contributed by atoms with Crippen molar-refractivity contribution < 1.29 is 0 Å². The van der Waals surface area contributed by atoms with E-state index in [1.54, 1.807) is 0 Å². The lowest BCUT2D eigenvalue weighted by molar-refractivity contribution is 0.334. The first kappa shape index (κ1) is 9.61. The predicted molar refractivity (Wildman–Crippen MR) is 52.8 cm³/mol. The second-order valence-electron chi connectivity index (χ2n) is 4.29. The van der Waals surface area contributed by atoms with E-state index >= 15 is 0 Å². The van der Waals surface area contributed by atoms with E-state index in [4.69, 9.17) is 6.42 Å². The molecule has 1 aliphatic carbocycles. The van der Waals surface area contributed by atoms with Gasteiger partial charge in [-0.15, -0.1) is 6.42 Å². The van der Waals surface area contributed by atoms with Gasteiger partial charge in [-0.2, -0.15) is 0 Å². The van der Waals surface area contributed by atoms with Gasteiger partial charge in [0.05, 0.1) is 6.04 Å². The maximum Gasteiger partial charge on any atom is 0.0658 e. The van der Waals surface area contributed by atoms with E-state index in [0.717, 1.165) is 12.5 Å². The quantitative estimate of drug-likeness (QED) is 0.629. The molecule has 0 saturated heterocycles. The van der Waals surface area contributed by atoms with Crippen LogP contribution in [0.15, 0.2) is 0 Å². The van der Waals surface area contributed by atoms with E-state index < -0.39 is 0 Å². The van der Waals surface area contributed by atoms with E-state index in [2.05, 4.69) is 25.1 Å². The van der Waals surface area contributed by atoms with Crippen LogP contribution in [0.25, 0.3) is 0 Å². The highest BCUT2D eigenvalue weighted by atomic mass is 14.9. The molecule has 1 N–H and O–H groups in total. The lowest BCUT2D eigenvalue weighted by atomic mass is 9.92. The molecule has 0 aromatic carbocycles. The number of hydrogen-bond donors (Lipinski definition) is 1. The third kappa shape index (κ3) is 2.01. The SMILES string of the molecule is C#CC(C)NCC1(C(C)C)CC1. The Hall–Kier alpha value is -0.480. The predicted octanol–water partition coefficient (Wildman–Crippen LogP) is 2.03. The van der Waals surface area contributed by atoms with Crippen molar-refractivity contribution in [3.63, 3.8) is 0 Å². The molecule has 0 heterocycles. The van der Waals surface area contributed by atoms with Gasteiger partial charge < -0.3 is 5.32 Å². The molecule has 0 aromatic heterocycles. The van der Waals surface area contributed by atoms with Crippen LogP contribution in [-0.4, -0.2) is 12.6 Å². The van der Waals surface area contributed by atoms with Gasteiger partial charge in [0.25, 0.3) is 0 Å². The number of hydrogen-bond acceptors (Lipinski definition) is 1. The van der Waals surface area contributed by atoms with Crippen molar-refractivity contribution in [2.45, 2.75) is 39.7 Å². The third-order valence-corrected chi connectivity index (χ3v) is 3.13. The van der Waals surface area contributed by atoms with Crippen LogP contribution < -0.4 is 5.32 Å². The van der Waals surface area contributed by atoms with Gasteiger partial charge in [0, 0.05) is 6.54 Å². The first-order valence-electron chi connectivity index (χ1n) is 4.80. The molecule has 0 aliphatic heterocycles. The zero-order valence-corrected chi connectivity index (χ0v) is 8.35. The molecule has 1 heteroatoms. The van der Waals surface area contributed by atoms with E-state index in [9.17, 15) is 0 Å². The molecule has 68 valence electrons. The van der Waals surface area contributed by atoms with Crippen LogP contribution >= 0.6 is 0 Å². The van der Waals surface area contributed by atoms with Crippen LogP contribution in [0.4, 0.5) is 0 Å². The van der Waals surface area contributed by atoms with Gasteiger partial charge >= 0.3 is 0 Å². The molecular weight excluding hydrogens is 146 g/mol. The largest absolute Gasteiger partial charge is 0.303 e. The zero-order valence-electron chi connectivity index (χ0n) is 8.35. The second-order valence-corrected chi connectivity index (χ2v) is 4.29. The minimum absolute atomic E-state index is 0.223. The molecule has 0 amide bonds. The van der Waals surface area contributed by atoms with Gasteiger partial charge in [-0.05, 0) is 31.1 Å². The van der Waals surface area contributed by atoms with Gasteiger partial charge in [-0.3, -0.25) is 0 Å². The van der Waals surface area contributed by atoms with Crippen molar-refractivity contribution in [3.8, 4) is 12.3 Å². The topological polar surface area (TPSA) is 12.0 Å². The normalized spacial score (nSPS) is 21.9. The molecule has 1 aliphatic rings. The minimum Gasteiger partial charge on any atom is -0.303 e. The fraction of sp³-hybridized carbons (Fsp3) is 0.818. The van der Waals surface area contributed by atoms with Crippen molar-refractivity contribution in [2.24, 2.45) is 11.3 Å². The van der Waals surface area contributed by atoms with Crippen LogP contribution in [0.2, 0.25) is 0 Å². The van der Waals surface area contributed by atoms with E-state index in [0.29, 0.717) is 5.41 Å². The Morgan fingerprint density at radius 3 is 2.33 bits per heavy atom. The Labute approximate surface area is 75.9 Å². The summed E-state index contributed by atoms with van der Waals surface area (Å²) in [6, 6.07) is 0.223. The van der Waals surface area contributed by atoms with Crippen molar-refractivity contribution >= 4 is 0 Å². The Kier molecular flexibility index (Phi) is 2.80. The van der Waals surface area contributed by atoms with Crippen LogP contribution in [0.5, 0.6) is 0 Å². The van der Waals surface area contributed by atoms with Gasteiger partial charge in [0.2, 0.25) is 0 Å². The highest BCUT2D eigenvalue weighted by Crippen LogP contribution is 2.51. The zero-order chi connectivity index (χ0) is 9.19. The average molecular weight is 165 g/mol. The Balaban J connectivity index is 2.28. The molecule has 1 saturated carbocycles. The monoisotopic (exact) mass is 165 g/mol. The Morgan fingerprint density at radius 1 is 1.42 bits per heavy atom. The molecule has 1 atom stereocenters. The molecule has 0 bridgehead atoms. The van der Waals surface area contributed by atoms with Crippen molar-refractivity contribution in [3.05, 3.63) is 0 Å². The number of terminal acetylenes is 1. The molecule has 0 aromatic rings. The lowest BCUT2D eigenvalue weighted by Crippen LogP contribution is -2.33. The minimum atomic E-state index is 0.223. The molecule has 0 spiro atoms. The highest BCUT2D eigenvalue weighted by Gasteiger charge is 2.44. The van der Waals surface area contributed by atoms with Crippen LogP contribution in [-0.2, 0) is 0 Å². The summed E-state index contributed by atoms with van der Waals surface area (Å²) >= 11 is 0. The van der Waals surface area contributed by atoms with E-state index in [1.165, 1.54) is 12.8 Å². The van der Waals surface area contributed by atoms with Crippen molar-refractivity contribution in [1.29, 1.82) is 0 Å². The fourth-order valence-electron chi connectivity index (χ4n) is 1.53. The molecule has 1 fully saturated rings. The number of nitrogens with one attached hydrogen (secondary N) is 1. The Bertz CT molecular complexity index is 184. The van der Waals surface area contributed by atoms with E-state index in [1.807, 2.05) is 6.92 Å². The van der Waals surface area contributed by atoms with Gasteiger partial charge in [0.15, 0.2) is 0 Å². The summed E-state index contributed by atoms with van der Waals surface area (Å²) in [4.78, 5) is 0. The molecule has 1 rings (SSSR count). The van der Waals surface area contributed by atoms with Crippen molar-refractivity contribution in [2.75, 3.05) is 6.54 Å². The maximum absolute atomic E-state index is 5.29. The average Bonchev–Trinajstić information content (AvgIpc) is 2.81. The molecule has 0 radical (unpaired) electrons. The summed E-state index contributed by atoms with van der Waals surface area (Å²) in [5.41, 5.74) is 0.575. The summed E-state index contributed by atoms with van der Waals surface area (Å²) in [6.45, 7) is 7.73. The maximum atomic E-state index is 5.29. The van der Waals surface area contributed by atoms with Gasteiger partial charge in [-0.1, -0.05) is 19.8 Å². The molecule has 12 heavy (non-hydrogen) atoms. The molecule has 1 nitrogen and oxygen atoms in total. The highest BCUT2D eigenvalue weighted by molar-refractivity contribution is 5.01. The third-order valence-electron chi connectivity index (χ3n) is 3.13. The van der Waals surface area contributed by atoms with Crippen molar-refractivity contribution in [1.82, 2.24) is 5.32 Å². The van der Waals surface area contributed by atoms with E-state index in [-0.39, 0.29) is 6.04 Å². The van der Waals surface area contributed by atoms with Crippen LogP contribution in [0.1, 0.15) is 33.6 Å². The summed E-state index contributed by atoms with van der Waals surface area (Å²) in [5, 5.41) is 3.38. The van der Waals surface area contributed by atoms with Crippen LogP contribution in [0.3, 0.4) is 0 Å². The summed E-state index contributed by atoms with van der Waals surface area (Å²) in [7, 11) is 0. The van der Waals surface area contributed by atoms with Gasteiger partial charge in [0.1, 0.15) is 0 Å². The molecular formula is C11H19N. The first-order chi connectivity index (χ1) is 5.60. The number of rotatable bonds is 4. The Morgan fingerprint density at radius 2 is 2.00 bits per heavy atom. The fourth-order valence-corrected chi connectivity index (χ4v) is 1.53. The second kappa shape index (κ2) is 3.49. The first-order valence-corrected chi connectivity index (χ1v) is 4.80. The van der Waals surface area contributed by atoms with Crippen LogP contribution in [0, 0.1) is 23.7 Å². The van der Waals surface area contributed by atoms with Gasteiger partial charge in [-0.25, -0.2) is 0 Å². The summed E-state index contributed by atoms with van der Waals surface area (Å²) < 4.78 is 0. The summed E-state index contributed by atoms with van der Waals surface area (Å²) in [5.74, 6) is 3.48.